The average Bonchev–Trinajstić information content (AvgIpc) is 2.97. The van der Waals surface area contributed by atoms with E-state index in [2.05, 4.69) is 15.5 Å². The van der Waals surface area contributed by atoms with Crippen LogP contribution in [0.15, 0.2) is 42.5 Å². The van der Waals surface area contributed by atoms with E-state index in [0.29, 0.717) is 22.8 Å². The van der Waals surface area contributed by atoms with Crippen LogP contribution in [0.5, 0.6) is 0 Å². The van der Waals surface area contributed by atoms with E-state index in [9.17, 15) is 10.1 Å². The maximum atomic E-state index is 11.0. The number of aromatic nitrogens is 4. The summed E-state index contributed by atoms with van der Waals surface area (Å²) in [5.41, 5.74) is 7.23. The minimum atomic E-state index is -0.559. The van der Waals surface area contributed by atoms with E-state index in [1.54, 1.807) is 30.3 Å². The summed E-state index contributed by atoms with van der Waals surface area (Å²) in [6.07, 6.45) is 0. The molecule has 2 N–H and O–H groups in total. The van der Waals surface area contributed by atoms with Gasteiger partial charge < -0.3 is 5.73 Å². The maximum absolute atomic E-state index is 11.0. The van der Waals surface area contributed by atoms with Crippen molar-refractivity contribution in [1.29, 1.82) is 0 Å². The number of nitrogen functional groups attached to an aromatic ring is 1. The summed E-state index contributed by atoms with van der Waals surface area (Å²) in [6.45, 7) is 0. The van der Waals surface area contributed by atoms with E-state index in [1.807, 2.05) is 0 Å². The summed E-state index contributed by atoms with van der Waals surface area (Å²) in [4.78, 5) is 10.4. The Balaban J connectivity index is 2.13. The molecule has 1 heterocycles. The lowest BCUT2D eigenvalue weighted by molar-refractivity contribution is -0.384. The Morgan fingerprint density at radius 2 is 2.05 bits per heavy atom. The van der Waals surface area contributed by atoms with Gasteiger partial charge in [0.05, 0.1) is 10.6 Å². The van der Waals surface area contributed by atoms with Crippen LogP contribution in [0.3, 0.4) is 0 Å². The number of halogens is 1. The van der Waals surface area contributed by atoms with Crippen molar-refractivity contribution in [2.45, 2.75) is 0 Å². The lowest BCUT2D eigenvalue weighted by atomic mass is 10.2. The molecule has 0 unspecified atom stereocenters. The molecule has 3 rings (SSSR count). The summed E-state index contributed by atoms with van der Waals surface area (Å²) >= 11 is 5.81. The normalized spacial score (nSPS) is 10.6. The molecule has 8 nitrogen and oxygen atoms in total. The number of nitro groups is 1. The van der Waals surface area contributed by atoms with Gasteiger partial charge in [0.1, 0.15) is 5.02 Å². The smallest absolute Gasteiger partial charge is 0.290 e. The maximum Gasteiger partial charge on any atom is 0.290 e. The van der Waals surface area contributed by atoms with Gasteiger partial charge in [0.15, 0.2) is 5.82 Å². The van der Waals surface area contributed by atoms with Crippen molar-refractivity contribution < 1.29 is 4.92 Å². The van der Waals surface area contributed by atoms with Crippen LogP contribution in [0.4, 0.5) is 11.4 Å². The van der Waals surface area contributed by atoms with Crippen LogP contribution in [0.25, 0.3) is 17.1 Å². The van der Waals surface area contributed by atoms with Crippen molar-refractivity contribution in [2.24, 2.45) is 0 Å². The van der Waals surface area contributed by atoms with E-state index in [1.165, 1.54) is 16.8 Å². The fourth-order valence-electron chi connectivity index (χ4n) is 1.99. The SMILES string of the molecule is Nc1cccc(-c2nnnn2-c2ccc(Cl)c([N+](=O)[O-])c2)c1. The van der Waals surface area contributed by atoms with Gasteiger partial charge in [-0.2, -0.15) is 4.68 Å². The second kappa shape index (κ2) is 5.41. The number of nitrogens with zero attached hydrogens (tertiary/aromatic N) is 5. The van der Waals surface area contributed by atoms with E-state index < -0.39 is 4.92 Å². The van der Waals surface area contributed by atoms with Crippen molar-refractivity contribution in [3.63, 3.8) is 0 Å². The zero-order valence-electron chi connectivity index (χ0n) is 11.0. The van der Waals surface area contributed by atoms with E-state index in [4.69, 9.17) is 17.3 Å². The Bertz CT molecular complexity index is 863. The third-order valence-electron chi connectivity index (χ3n) is 2.99. The topological polar surface area (TPSA) is 113 Å². The summed E-state index contributed by atoms with van der Waals surface area (Å²) in [6, 6.07) is 11.4. The lowest BCUT2D eigenvalue weighted by Gasteiger charge is -2.05. The van der Waals surface area contributed by atoms with Crippen LogP contribution < -0.4 is 5.73 Å². The molecule has 3 aromatic rings. The van der Waals surface area contributed by atoms with Crippen molar-refractivity contribution in [1.82, 2.24) is 20.2 Å². The molecule has 0 aliphatic heterocycles. The van der Waals surface area contributed by atoms with Crippen molar-refractivity contribution >= 4 is 23.0 Å². The Labute approximate surface area is 129 Å². The molecule has 1 aromatic heterocycles. The third-order valence-corrected chi connectivity index (χ3v) is 3.30. The molecule has 0 spiro atoms. The number of hydrogen-bond donors (Lipinski definition) is 1. The number of anilines is 1. The van der Waals surface area contributed by atoms with Gasteiger partial charge in [-0.3, -0.25) is 10.1 Å². The Morgan fingerprint density at radius 3 is 2.77 bits per heavy atom. The highest BCUT2D eigenvalue weighted by molar-refractivity contribution is 6.32. The predicted octanol–water partition coefficient (Wildman–Crippen LogP) is 2.47. The van der Waals surface area contributed by atoms with Gasteiger partial charge in [0, 0.05) is 17.3 Å². The Kier molecular flexibility index (Phi) is 3.43. The first-order valence-electron chi connectivity index (χ1n) is 6.15. The fraction of sp³-hybridized carbons (Fsp3) is 0. The standard InChI is InChI=1S/C13H9ClN6O2/c14-11-5-4-10(7-12(11)20(21)22)19-13(16-17-18-19)8-2-1-3-9(15)6-8/h1-7H,15H2. The molecule has 0 saturated carbocycles. The molecule has 110 valence electrons. The number of tetrazole rings is 1. The van der Waals surface area contributed by atoms with Gasteiger partial charge in [0.2, 0.25) is 0 Å². The van der Waals surface area contributed by atoms with Crippen molar-refractivity contribution in [2.75, 3.05) is 5.73 Å². The number of benzene rings is 2. The monoisotopic (exact) mass is 316 g/mol. The Hall–Kier alpha value is -3.00. The highest BCUT2D eigenvalue weighted by Gasteiger charge is 2.17. The van der Waals surface area contributed by atoms with Crippen molar-refractivity contribution in [3.05, 3.63) is 57.6 Å². The van der Waals surface area contributed by atoms with Crippen LogP contribution in [0, 0.1) is 10.1 Å². The van der Waals surface area contributed by atoms with Gasteiger partial charge in [-0.1, -0.05) is 23.7 Å². The molecule has 0 amide bonds. The summed E-state index contributed by atoms with van der Waals surface area (Å²) < 4.78 is 1.39. The number of nitro benzene ring substituents is 1. The first-order chi connectivity index (χ1) is 10.6. The highest BCUT2D eigenvalue weighted by atomic mass is 35.5. The molecule has 0 bridgehead atoms. The van der Waals surface area contributed by atoms with Gasteiger partial charge in [0.25, 0.3) is 5.69 Å². The molecule has 0 aliphatic carbocycles. The second-order valence-corrected chi connectivity index (χ2v) is 4.84. The highest BCUT2D eigenvalue weighted by Crippen LogP contribution is 2.28. The van der Waals surface area contributed by atoms with Crippen LogP contribution in [-0.2, 0) is 0 Å². The minimum absolute atomic E-state index is 0.0485. The van der Waals surface area contributed by atoms with Crippen LogP contribution in [-0.4, -0.2) is 25.1 Å². The quantitative estimate of drug-likeness (QED) is 0.451. The molecule has 9 heteroatoms. The Morgan fingerprint density at radius 1 is 1.23 bits per heavy atom. The molecule has 0 aliphatic rings. The van der Waals surface area contributed by atoms with Gasteiger partial charge in [-0.05, 0) is 34.7 Å². The first-order valence-corrected chi connectivity index (χ1v) is 6.52. The molecule has 22 heavy (non-hydrogen) atoms. The first kappa shape index (κ1) is 14.0. The largest absolute Gasteiger partial charge is 0.399 e. The molecular formula is C13H9ClN6O2. The average molecular weight is 317 g/mol. The second-order valence-electron chi connectivity index (χ2n) is 4.43. The molecular weight excluding hydrogens is 308 g/mol. The number of nitrogens with two attached hydrogens (primary N) is 1. The van der Waals surface area contributed by atoms with E-state index >= 15 is 0 Å². The molecule has 2 aromatic carbocycles. The van der Waals surface area contributed by atoms with Crippen molar-refractivity contribution in [3.8, 4) is 17.1 Å². The predicted molar refractivity (Wildman–Crippen MR) is 80.7 cm³/mol. The molecule has 0 atom stereocenters. The number of rotatable bonds is 3. The minimum Gasteiger partial charge on any atom is -0.399 e. The van der Waals surface area contributed by atoms with Gasteiger partial charge >= 0.3 is 0 Å². The lowest BCUT2D eigenvalue weighted by Crippen LogP contribution is -2.01. The van der Waals surface area contributed by atoms with Crippen LogP contribution >= 0.6 is 11.6 Å². The van der Waals surface area contributed by atoms with Crippen LogP contribution in [0.1, 0.15) is 0 Å². The van der Waals surface area contributed by atoms with E-state index in [0.717, 1.165) is 0 Å². The summed E-state index contributed by atoms with van der Waals surface area (Å²) in [5, 5.41) is 22.5. The number of hydrogen-bond acceptors (Lipinski definition) is 6. The fourth-order valence-corrected chi connectivity index (χ4v) is 2.18. The van der Waals surface area contributed by atoms with E-state index in [-0.39, 0.29) is 10.7 Å². The zero-order chi connectivity index (χ0) is 15.7. The molecule has 0 fully saturated rings. The summed E-state index contributed by atoms with van der Waals surface area (Å²) in [7, 11) is 0. The van der Waals surface area contributed by atoms with Gasteiger partial charge in [-0.15, -0.1) is 5.10 Å². The zero-order valence-corrected chi connectivity index (χ0v) is 11.8. The third kappa shape index (κ3) is 2.47. The molecule has 0 radical (unpaired) electrons. The molecule has 0 saturated heterocycles. The van der Waals surface area contributed by atoms with Crippen LogP contribution in [0.2, 0.25) is 5.02 Å². The summed E-state index contributed by atoms with van der Waals surface area (Å²) in [5.74, 6) is 0.420. The van der Waals surface area contributed by atoms with Gasteiger partial charge in [-0.25, -0.2) is 0 Å².